The molecule has 0 fully saturated rings. The fourth-order valence-corrected chi connectivity index (χ4v) is 2.68. The van der Waals surface area contributed by atoms with Crippen molar-refractivity contribution < 1.29 is 9.90 Å². The first-order valence-corrected chi connectivity index (χ1v) is 8.30. The zero-order valence-corrected chi connectivity index (χ0v) is 14.4. The molecular formula is C16H22N4O2S. The molecule has 6 nitrogen and oxygen atoms in total. The SMILES string of the molecule is CC(C)(C)c1nnc(NC(=O)NCCC(O)c2ccccc2)s1. The third-order valence-corrected chi connectivity index (χ3v) is 4.44. The number of carbonyl (C=O) groups excluding carboxylic acids is 1. The highest BCUT2D eigenvalue weighted by atomic mass is 32.1. The minimum atomic E-state index is -0.592. The van der Waals surface area contributed by atoms with Crippen LogP contribution in [0, 0.1) is 0 Å². The molecule has 0 saturated carbocycles. The Balaban J connectivity index is 1.76. The van der Waals surface area contributed by atoms with Gasteiger partial charge in [0.05, 0.1) is 6.10 Å². The van der Waals surface area contributed by atoms with Gasteiger partial charge in [0.15, 0.2) is 0 Å². The number of amides is 2. The number of aromatic nitrogens is 2. The lowest BCUT2D eigenvalue weighted by atomic mass is 9.98. The zero-order valence-electron chi connectivity index (χ0n) is 13.5. The second-order valence-electron chi connectivity index (χ2n) is 6.26. The largest absolute Gasteiger partial charge is 0.388 e. The minimum Gasteiger partial charge on any atom is -0.388 e. The molecule has 1 aromatic heterocycles. The van der Waals surface area contributed by atoms with Gasteiger partial charge in [-0.2, -0.15) is 0 Å². The lowest BCUT2D eigenvalue weighted by Gasteiger charge is -2.12. The molecule has 1 unspecified atom stereocenters. The third kappa shape index (κ3) is 5.30. The lowest BCUT2D eigenvalue weighted by Crippen LogP contribution is -2.30. The van der Waals surface area contributed by atoms with Crippen molar-refractivity contribution >= 4 is 22.5 Å². The molecular weight excluding hydrogens is 312 g/mol. The summed E-state index contributed by atoms with van der Waals surface area (Å²) in [4.78, 5) is 11.8. The van der Waals surface area contributed by atoms with E-state index in [1.165, 1.54) is 11.3 Å². The Kier molecular flexibility index (Phi) is 5.68. The van der Waals surface area contributed by atoms with E-state index >= 15 is 0 Å². The minimum absolute atomic E-state index is 0.0894. The lowest BCUT2D eigenvalue weighted by molar-refractivity contribution is 0.167. The number of aliphatic hydroxyl groups is 1. The summed E-state index contributed by atoms with van der Waals surface area (Å²) in [7, 11) is 0. The summed E-state index contributed by atoms with van der Waals surface area (Å²) in [6.07, 6.45) is -0.147. The van der Waals surface area contributed by atoms with Crippen LogP contribution in [0.15, 0.2) is 30.3 Å². The average molecular weight is 334 g/mol. The fourth-order valence-electron chi connectivity index (χ4n) is 1.88. The number of hydrogen-bond donors (Lipinski definition) is 3. The zero-order chi connectivity index (χ0) is 16.9. The Labute approximate surface area is 140 Å². The van der Waals surface area contributed by atoms with E-state index in [2.05, 4.69) is 20.8 Å². The van der Waals surface area contributed by atoms with Crippen LogP contribution in [0.5, 0.6) is 0 Å². The van der Waals surface area contributed by atoms with Gasteiger partial charge in [0.25, 0.3) is 0 Å². The molecule has 3 N–H and O–H groups in total. The average Bonchev–Trinajstić information content (AvgIpc) is 2.96. The first-order valence-electron chi connectivity index (χ1n) is 7.48. The molecule has 0 bridgehead atoms. The number of rotatable bonds is 5. The van der Waals surface area contributed by atoms with E-state index in [0.717, 1.165) is 10.6 Å². The highest BCUT2D eigenvalue weighted by Crippen LogP contribution is 2.27. The molecule has 2 rings (SSSR count). The number of nitrogens with one attached hydrogen (secondary N) is 2. The molecule has 7 heteroatoms. The number of hydrogen-bond acceptors (Lipinski definition) is 5. The summed E-state index contributed by atoms with van der Waals surface area (Å²) in [5.41, 5.74) is 0.752. The Hall–Kier alpha value is -1.99. The third-order valence-electron chi connectivity index (χ3n) is 3.17. The van der Waals surface area contributed by atoms with Crippen molar-refractivity contribution in [2.45, 2.75) is 38.7 Å². The first-order chi connectivity index (χ1) is 10.9. The van der Waals surface area contributed by atoms with Crippen molar-refractivity contribution in [1.82, 2.24) is 15.5 Å². The number of anilines is 1. The second-order valence-corrected chi connectivity index (χ2v) is 7.24. The van der Waals surface area contributed by atoms with Crippen LogP contribution in [0.25, 0.3) is 0 Å². The molecule has 0 aliphatic heterocycles. The molecule has 1 heterocycles. The summed E-state index contributed by atoms with van der Waals surface area (Å²) >= 11 is 1.36. The van der Waals surface area contributed by atoms with Crippen molar-refractivity contribution in [3.05, 3.63) is 40.9 Å². The Morgan fingerprint density at radius 2 is 1.96 bits per heavy atom. The molecule has 0 spiro atoms. The normalized spacial score (nSPS) is 12.7. The standard InChI is InChI=1S/C16H22N4O2S/c1-16(2,3)13-19-20-15(23-13)18-14(22)17-10-9-12(21)11-7-5-4-6-8-11/h4-8,12,21H,9-10H2,1-3H3,(H2,17,18,20,22). The van der Waals surface area contributed by atoms with Gasteiger partial charge in [0.2, 0.25) is 5.13 Å². The van der Waals surface area contributed by atoms with Gasteiger partial charge >= 0.3 is 6.03 Å². The van der Waals surface area contributed by atoms with Crippen LogP contribution < -0.4 is 10.6 Å². The van der Waals surface area contributed by atoms with E-state index in [-0.39, 0.29) is 11.4 Å². The number of aliphatic hydroxyl groups excluding tert-OH is 1. The van der Waals surface area contributed by atoms with Gasteiger partial charge in [-0.25, -0.2) is 4.79 Å². The second kappa shape index (κ2) is 7.52. The van der Waals surface area contributed by atoms with Crippen molar-refractivity contribution in [2.24, 2.45) is 0 Å². The Morgan fingerprint density at radius 3 is 2.57 bits per heavy atom. The van der Waals surface area contributed by atoms with Crippen molar-refractivity contribution in [3.8, 4) is 0 Å². The molecule has 2 aromatic rings. The van der Waals surface area contributed by atoms with Crippen LogP contribution in [0.1, 0.15) is 43.9 Å². The molecule has 0 saturated heterocycles. The molecule has 23 heavy (non-hydrogen) atoms. The summed E-state index contributed by atoms with van der Waals surface area (Å²) in [5, 5.41) is 24.8. The predicted octanol–water partition coefficient (Wildman–Crippen LogP) is 3.08. The van der Waals surface area contributed by atoms with Gasteiger partial charge in [-0.15, -0.1) is 10.2 Å². The predicted molar refractivity (Wildman–Crippen MR) is 91.6 cm³/mol. The van der Waals surface area contributed by atoms with Gasteiger partial charge < -0.3 is 10.4 Å². The molecule has 0 radical (unpaired) electrons. The van der Waals surface area contributed by atoms with E-state index < -0.39 is 6.10 Å². The van der Waals surface area contributed by atoms with E-state index in [0.29, 0.717) is 18.1 Å². The van der Waals surface area contributed by atoms with E-state index in [1.54, 1.807) is 0 Å². The molecule has 0 aliphatic rings. The van der Waals surface area contributed by atoms with Crippen LogP contribution in [0.4, 0.5) is 9.93 Å². The van der Waals surface area contributed by atoms with Crippen LogP contribution in [-0.2, 0) is 5.41 Å². The van der Waals surface area contributed by atoms with Gasteiger partial charge in [0.1, 0.15) is 5.01 Å². The van der Waals surface area contributed by atoms with E-state index in [9.17, 15) is 9.90 Å². The van der Waals surface area contributed by atoms with Gasteiger partial charge in [-0.1, -0.05) is 62.4 Å². The van der Waals surface area contributed by atoms with Crippen LogP contribution in [-0.4, -0.2) is 27.9 Å². The molecule has 124 valence electrons. The molecule has 2 amide bonds. The van der Waals surface area contributed by atoms with Crippen LogP contribution in [0.2, 0.25) is 0 Å². The number of urea groups is 1. The first kappa shape index (κ1) is 17.4. The smallest absolute Gasteiger partial charge is 0.321 e. The maximum absolute atomic E-state index is 11.8. The van der Waals surface area contributed by atoms with Gasteiger partial charge in [-0.05, 0) is 12.0 Å². The van der Waals surface area contributed by atoms with Gasteiger partial charge in [-0.3, -0.25) is 5.32 Å². The molecule has 1 aromatic carbocycles. The van der Waals surface area contributed by atoms with Crippen molar-refractivity contribution in [2.75, 3.05) is 11.9 Å². The monoisotopic (exact) mass is 334 g/mol. The summed E-state index contributed by atoms with van der Waals surface area (Å²) in [6, 6.07) is 9.03. The Bertz CT molecular complexity index is 637. The van der Waals surface area contributed by atoms with Crippen LogP contribution in [0.3, 0.4) is 0 Å². The summed E-state index contributed by atoms with van der Waals surface area (Å²) < 4.78 is 0. The van der Waals surface area contributed by atoms with Crippen molar-refractivity contribution in [1.29, 1.82) is 0 Å². The molecule has 0 aliphatic carbocycles. The van der Waals surface area contributed by atoms with Crippen LogP contribution >= 0.6 is 11.3 Å². The fraction of sp³-hybridized carbons (Fsp3) is 0.438. The van der Waals surface area contributed by atoms with E-state index in [1.807, 2.05) is 51.1 Å². The number of benzene rings is 1. The van der Waals surface area contributed by atoms with Gasteiger partial charge in [0, 0.05) is 12.0 Å². The number of carbonyl (C=O) groups is 1. The Morgan fingerprint density at radius 1 is 1.26 bits per heavy atom. The highest BCUT2D eigenvalue weighted by molar-refractivity contribution is 7.15. The maximum atomic E-state index is 11.8. The maximum Gasteiger partial charge on any atom is 0.321 e. The van der Waals surface area contributed by atoms with E-state index in [4.69, 9.17) is 0 Å². The number of nitrogens with zero attached hydrogens (tertiary/aromatic N) is 2. The highest BCUT2D eigenvalue weighted by Gasteiger charge is 2.20. The summed E-state index contributed by atoms with van der Waals surface area (Å²) in [6.45, 7) is 6.50. The summed E-state index contributed by atoms with van der Waals surface area (Å²) in [5.74, 6) is 0. The van der Waals surface area contributed by atoms with Crippen molar-refractivity contribution in [3.63, 3.8) is 0 Å². The molecule has 1 atom stereocenters. The topological polar surface area (TPSA) is 87.1 Å². The quantitative estimate of drug-likeness (QED) is 0.784.